The van der Waals surface area contributed by atoms with Gasteiger partial charge < -0.3 is 14.6 Å². The summed E-state index contributed by atoms with van der Waals surface area (Å²) in [5.74, 6) is 1.60. The Morgan fingerprint density at radius 1 is 1.18 bits per heavy atom. The molecular formula is C19H20O3. The third kappa shape index (κ3) is 3.00. The standard InChI is InChI=1S/C19H20O3/c1-13-3-8-18-17(11-13)19(20)15(9-10-22-18)12-14-4-6-16(21-2)7-5-14/h3-8,11-12,19-20H,9-10H2,1-2H3/b15-12+. The highest BCUT2D eigenvalue weighted by molar-refractivity contribution is 5.57. The first-order chi connectivity index (χ1) is 10.7. The molecule has 1 unspecified atom stereocenters. The van der Waals surface area contributed by atoms with Crippen LogP contribution in [-0.4, -0.2) is 18.8 Å². The van der Waals surface area contributed by atoms with Gasteiger partial charge >= 0.3 is 0 Å². The van der Waals surface area contributed by atoms with Gasteiger partial charge in [0.2, 0.25) is 0 Å². The molecule has 0 spiro atoms. The molecule has 1 atom stereocenters. The second-order valence-corrected chi connectivity index (χ2v) is 5.53. The fraction of sp³-hybridized carbons (Fsp3) is 0.263. The second kappa shape index (κ2) is 6.24. The summed E-state index contributed by atoms with van der Waals surface area (Å²) in [7, 11) is 1.65. The third-order valence-electron chi connectivity index (χ3n) is 3.93. The molecule has 0 amide bonds. The summed E-state index contributed by atoms with van der Waals surface area (Å²) >= 11 is 0. The molecule has 0 radical (unpaired) electrons. The van der Waals surface area contributed by atoms with Crippen LogP contribution in [0.2, 0.25) is 0 Å². The third-order valence-corrected chi connectivity index (χ3v) is 3.93. The predicted octanol–water partition coefficient (Wildman–Crippen LogP) is 3.90. The number of fused-ring (bicyclic) bond motifs is 1. The zero-order valence-corrected chi connectivity index (χ0v) is 12.9. The van der Waals surface area contributed by atoms with Crippen molar-refractivity contribution in [3.8, 4) is 11.5 Å². The molecule has 2 aromatic carbocycles. The minimum absolute atomic E-state index is 0.578. The van der Waals surface area contributed by atoms with E-state index >= 15 is 0 Å². The van der Waals surface area contributed by atoms with E-state index in [2.05, 4.69) is 0 Å². The number of aliphatic hydroxyl groups is 1. The van der Waals surface area contributed by atoms with Gasteiger partial charge in [0.1, 0.15) is 17.6 Å². The second-order valence-electron chi connectivity index (χ2n) is 5.53. The largest absolute Gasteiger partial charge is 0.497 e. The first-order valence-corrected chi connectivity index (χ1v) is 7.43. The van der Waals surface area contributed by atoms with Crippen LogP contribution in [0.5, 0.6) is 11.5 Å². The lowest BCUT2D eigenvalue weighted by atomic mass is 9.96. The number of aryl methyl sites for hydroxylation is 1. The fourth-order valence-corrected chi connectivity index (χ4v) is 2.69. The molecule has 0 fully saturated rings. The fourth-order valence-electron chi connectivity index (χ4n) is 2.69. The van der Waals surface area contributed by atoms with E-state index in [1.165, 1.54) is 0 Å². The van der Waals surface area contributed by atoms with Crippen molar-refractivity contribution in [2.75, 3.05) is 13.7 Å². The van der Waals surface area contributed by atoms with Crippen molar-refractivity contribution < 1.29 is 14.6 Å². The molecule has 1 N–H and O–H groups in total. The first-order valence-electron chi connectivity index (χ1n) is 7.43. The lowest BCUT2D eigenvalue weighted by Gasteiger charge is -2.14. The molecule has 3 rings (SSSR count). The van der Waals surface area contributed by atoms with Crippen molar-refractivity contribution in [3.63, 3.8) is 0 Å². The number of methoxy groups -OCH3 is 1. The van der Waals surface area contributed by atoms with Crippen LogP contribution >= 0.6 is 0 Å². The number of benzene rings is 2. The lowest BCUT2D eigenvalue weighted by Crippen LogP contribution is -2.01. The summed E-state index contributed by atoms with van der Waals surface area (Å²) in [6.45, 7) is 2.60. The normalized spacial score (nSPS) is 19.2. The molecule has 0 aromatic heterocycles. The topological polar surface area (TPSA) is 38.7 Å². The summed E-state index contributed by atoms with van der Waals surface area (Å²) in [5, 5.41) is 10.7. The van der Waals surface area contributed by atoms with Gasteiger partial charge in [-0.25, -0.2) is 0 Å². The molecule has 0 saturated carbocycles. The monoisotopic (exact) mass is 296 g/mol. The molecule has 3 heteroatoms. The van der Waals surface area contributed by atoms with Crippen LogP contribution in [-0.2, 0) is 0 Å². The van der Waals surface area contributed by atoms with Gasteiger partial charge in [-0.15, -0.1) is 0 Å². The van der Waals surface area contributed by atoms with Gasteiger partial charge in [-0.3, -0.25) is 0 Å². The van der Waals surface area contributed by atoms with Crippen molar-refractivity contribution in [1.29, 1.82) is 0 Å². The van der Waals surface area contributed by atoms with Gasteiger partial charge in [0.25, 0.3) is 0 Å². The van der Waals surface area contributed by atoms with Gasteiger partial charge in [-0.05, 0) is 42.3 Å². The Labute approximate surface area is 130 Å². The molecule has 1 heterocycles. The zero-order valence-electron chi connectivity index (χ0n) is 12.9. The molecule has 3 nitrogen and oxygen atoms in total. The number of rotatable bonds is 2. The minimum Gasteiger partial charge on any atom is -0.497 e. The molecule has 0 bridgehead atoms. The van der Waals surface area contributed by atoms with E-state index in [0.717, 1.165) is 33.8 Å². The Bertz CT molecular complexity index is 686. The average molecular weight is 296 g/mol. The number of hydrogen-bond donors (Lipinski definition) is 1. The van der Waals surface area contributed by atoms with Crippen molar-refractivity contribution in [2.45, 2.75) is 19.4 Å². The van der Waals surface area contributed by atoms with Gasteiger partial charge in [0, 0.05) is 12.0 Å². The Kier molecular flexibility index (Phi) is 4.16. The molecule has 114 valence electrons. The maximum absolute atomic E-state index is 10.7. The van der Waals surface area contributed by atoms with Crippen molar-refractivity contribution in [2.24, 2.45) is 0 Å². The van der Waals surface area contributed by atoms with Gasteiger partial charge in [0.05, 0.1) is 13.7 Å². The molecule has 1 aliphatic rings. The van der Waals surface area contributed by atoms with Crippen LogP contribution in [0.3, 0.4) is 0 Å². The molecule has 0 aliphatic carbocycles. The van der Waals surface area contributed by atoms with Crippen molar-refractivity contribution in [3.05, 3.63) is 64.7 Å². The summed E-state index contributed by atoms with van der Waals surface area (Å²) in [5.41, 5.74) is 3.98. The highest BCUT2D eigenvalue weighted by Gasteiger charge is 2.21. The smallest absolute Gasteiger partial charge is 0.125 e. The Balaban J connectivity index is 1.94. The lowest BCUT2D eigenvalue weighted by molar-refractivity contribution is 0.215. The van der Waals surface area contributed by atoms with Crippen LogP contribution in [0.15, 0.2) is 48.0 Å². The summed E-state index contributed by atoms with van der Waals surface area (Å²) in [6.07, 6.45) is 2.12. The maximum Gasteiger partial charge on any atom is 0.125 e. The highest BCUT2D eigenvalue weighted by Crippen LogP contribution is 2.36. The van der Waals surface area contributed by atoms with Gasteiger partial charge in [0.15, 0.2) is 0 Å². The highest BCUT2D eigenvalue weighted by atomic mass is 16.5. The molecule has 0 saturated heterocycles. The van der Waals surface area contributed by atoms with Crippen LogP contribution < -0.4 is 9.47 Å². The van der Waals surface area contributed by atoms with E-state index < -0.39 is 6.10 Å². The van der Waals surface area contributed by atoms with E-state index in [0.29, 0.717) is 13.0 Å². The van der Waals surface area contributed by atoms with Crippen LogP contribution in [0, 0.1) is 6.92 Å². The molecule has 22 heavy (non-hydrogen) atoms. The number of aliphatic hydroxyl groups excluding tert-OH is 1. The summed E-state index contributed by atoms with van der Waals surface area (Å²) in [4.78, 5) is 0. The summed E-state index contributed by atoms with van der Waals surface area (Å²) < 4.78 is 10.9. The Morgan fingerprint density at radius 2 is 1.95 bits per heavy atom. The van der Waals surface area contributed by atoms with Crippen LogP contribution in [0.25, 0.3) is 6.08 Å². The number of ether oxygens (including phenoxy) is 2. The maximum atomic E-state index is 10.7. The molecule has 1 aliphatic heterocycles. The van der Waals surface area contributed by atoms with E-state index in [9.17, 15) is 5.11 Å². The van der Waals surface area contributed by atoms with Crippen LogP contribution in [0.1, 0.15) is 29.2 Å². The average Bonchev–Trinajstić information content (AvgIpc) is 2.68. The first kappa shape index (κ1) is 14.7. The van der Waals surface area contributed by atoms with E-state index in [1.54, 1.807) is 7.11 Å². The minimum atomic E-state index is -0.625. The molecular weight excluding hydrogens is 276 g/mol. The van der Waals surface area contributed by atoms with Gasteiger partial charge in [-0.2, -0.15) is 0 Å². The van der Waals surface area contributed by atoms with Crippen molar-refractivity contribution >= 4 is 6.08 Å². The summed E-state index contributed by atoms with van der Waals surface area (Å²) in [6, 6.07) is 13.7. The SMILES string of the molecule is COc1ccc(/C=C2\CCOc3ccc(C)cc3C2O)cc1. The molecule has 2 aromatic rings. The van der Waals surface area contributed by atoms with Crippen LogP contribution in [0.4, 0.5) is 0 Å². The number of hydrogen-bond acceptors (Lipinski definition) is 3. The quantitative estimate of drug-likeness (QED) is 0.913. The van der Waals surface area contributed by atoms with E-state index in [4.69, 9.17) is 9.47 Å². The van der Waals surface area contributed by atoms with E-state index in [1.807, 2.05) is 55.5 Å². The van der Waals surface area contributed by atoms with Gasteiger partial charge in [-0.1, -0.05) is 29.8 Å². The zero-order chi connectivity index (χ0) is 15.5. The Morgan fingerprint density at radius 3 is 2.68 bits per heavy atom. The van der Waals surface area contributed by atoms with Crippen molar-refractivity contribution in [1.82, 2.24) is 0 Å². The van der Waals surface area contributed by atoms with E-state index in [-0.39, 0.29) is 0 Å². The Hall–Kier alpha value is -2.26. The predicted molar refractivity (Wildman–Crippen MR) is 87.2 cm³/mol.